The second kappa shape index (κ2) is 3.72. The molecule has 1 atom stereocenters. The molecule has 0 aliphatic heterocycles. The lowest BCUT2D eigenvalue weighted by atomic mass is 10.1. The summed E-state index contributed by atoms with van der Waals surface area (Å²) in [6.45, 7) is 6.27. The molecule has 1 rings (SSSR count). The molecule has 0 heterocycles. The van der Waals surface area contributed by atoms with Crippen LogP contribution in [-0.4, -0.2) is 11.7 Å². The summed E-state index contributed by atoms with van der Waals surface area (Å²) in [6, 6.07) is 5.90. The molecule has 0 fully saturated rings. The molecular formula is C9H8FNO. The first-order valence-corrected chi connectivity index (χ1v) is 3.50. The standard InChI is InChI=1S/C9H8FNO/c1-11-6-9(10)7-3-2-4-8(12)5-7/h2-5,9,12H,6H2. The highest BCUT2D eigenvalue weighted by atomic mass is 19.1. The zero-order chi connectivity index (χ0) is 8.97. The van der Waals surface area contributed by atoms with Crippen molar-refractivity contribution < 1.29 is 9.50 Å². The fourth-order valence-electron chi connectivity index (χ4n) is 0.905. The van der Waals surface area contributed by atoms with Crippen LogP contribution < -0.4 is 0 Å². The van der Waals surface area contributed by atoms with Gasteiger partial charge in [-0.2, -0.15) is 0 Å². The number of benzene rings is 1. The van der Waals surface area contributed by atoms with Gasteiger partial charge in [0.1, 0.15) is 5.75 Å². The molecule has 1 unspecified atom stereocenters. The first-order chi connectivity index (χ1) is 5.74. The zero-order valence-electron chi connectivity index (χ0n) is 6.37. The van der Waals surface area contributed by atoms with Crippen molar-refractivity contribution in [1.82, 2.24) is 0 Å². The van der Waals surface area contributed by atoms with Crippen molar-refractivity contribution in [2.75, 3.05) is 6.54 Å². The Labute approximate surface area is 70.1 Å². The fraction of sp³-hybridized carbons (Fsp3) is 0.222. The number of hydrogen-bond acceptors (Lipinski definition) is 1. The average Bonchev–Trinajstić information content (AvgIpc) is 2.05. The Morgan fingerprint density at radius 2 is 2.33 bits per heavy atom. The summed E-state index contributed by atoms with van der Waals surface area (Å²) in [5.74, 6) is 0.0279. The van der Waals surface area contributed by atoms with E-state index in [0.717, 1.165) is 0 Å². The van der Waals surface area contributed by atoms with Crippen molar-refractivity contribution in [3.63, 3.8) is 0 Å². The molecule has 0 bridgehead atoms. The summed E-state index contributed by atoms with van der Waals surface area (Å²) in [7, 11) is 0. The monoisotopic (exact) mass is 165 g/mol. The van der Waals surface area contributed by atoms with Crippen LogP contribution in [0, 0.1) is 6.57 Å². The lowest BCUT2D eigenvalue weighted by Gasteiger charge is -2.01. The van der Waals surface area contributed by atoms with Crippen LogP contribution in [0.3, 0.4) is 0 Å². The maximum atomic E-state index is 13.0. The normalized spacial score (nSPS) is 12.0. The van der Waals surface area contributed by atoms with Gasteiger partial charge in [-0.25, -0.2) is 11.0 Å². The highest BCUT2D eigenvalue weighted by Crippen LogP contribution is 2.21. The van der Waals surface area contributed by atoms with Crippen molar-refractivity contribution >= 4 is 0 Å². The number of aromatic hydroxyl groups is 1. The van der Waals surface area contributed by atoms with Crippen molar-refractivity contribution in [2.24, 2.45) is 0 Å². The minimum Gasteiger partial charge on any atom is -0.508 e. The average molecular weight is 165 g/mol. The fourth-order valence-corrected chi connectivity index (χ4v) is 0.905. The van der Waals surface area contributed by atoms with Crippen LogP contribution >= 0.6 is 0 Å². The van der Waals surface area contributed by atoms with E-state index in [1.54, 1.807) is 12.1 Å². The Morgan fingerprint density at radius 1 is 1.58 bits per heavy atom. The molecule has 1 N–H and O–H groups in total. The minimum absolute atomic E-state index is 0.0279. The minimum atomic E-state index is -1.30. The van der Waals surface area contributed by atoms with Crippen LogP contribution in [0.4, 0.5) is 4.39 Å². The third kappa shape index (κ3) is 1.96. The van der Waals surface area contributed by atoms with Gasteiger partial charge >= 0.3 is 0 Å². The van der Waals surface area contributed by atoms with Crippen molar-refractivity contribution in [3.8, 4) is 5.75 Å². The van der Waals surface area contributed by atoms with Gasteiger partial charge in [-0.3, -0.25) is 0 Å². The lowest BCUT2D eigenvalue weighted by Crippen LogP contribution is -1.93. The zero-order valence-corrected chi connectivity index (χ0v) is 6.37. The van der Waals surface area contributed by atoms with Crippen LogP contribution in [0.1, 0.15) is 11.7 Å². The molecule has 62 valence electrons. The summed E-state index contributed by atoms with van der Waals surface area (Å²) in [4.78, 5) is 2.94. The third-order valence-corrected chi connectivity index (χ3v) is 1.48. The van der Waals surface area contributed by atoms with E-state index in [4.69, 9.17) is 11.7 Å². The molecule has 0 saturated carbocycles. The van der Waals surface area contributed by atoms with Gasteiger partial charge in [0, 0.05) is 0 Å². The highest BCUT2D eigenvalue weighted by molar-refractivity contribution is 5.29. The molecule has 1 aromatic carbocycles. The van der Waals surface area contributed by atoms with Crippen LogP contribution in [0.25, 0.3) is 4.85 Å². The number of nitrogens with zero attached hydrogens (tertiary/aromatic N) is 1. The number of rotatable bonds is 2. The summed E-state index contributed by atoms with van der Waals surface area (Å²) in [6.07, 6.45) is -1.30. The maximum absolute atomic E-state index is 13.0. The molecule has 2 nitrogen and oxygen atoms in total. The van der Waals surface area contributed by atoms with Gasteiger partial charge in [0.05, 0.1) is 0 Å². The topological polar surface area (TPSA) is 24.6 Å². The van der Waals surface area contributed by atoms with E-state index < -0.39 is 6.17 Å². The first kappa shape index (κ1) is 8.54. The quantitative estimate of drug-likeness (QED) is 0.668. The number of phenolic OH excluding ortho intramolecular Hbond substituents is 1. The highest BCUT2D eigenvalue weighted by Gasteiger charge is 2.12. The van der Waals surface area contributed by atoms with E-state index in [1.807, 2.05) is 0 Å². The molecular weight excluding hydrogens is 157 g/mol. The van der Waals surface area contributed by atoms with E-state index in [2.05, 4.69) is 4.85 Å². The largest absolute Gasteiger partial charge is 0.508 e. The Bertz CT molecular complexity index is 306. The van der Waals surface area contributed by atoms with Crippen LogP contribution in [-0.2, 0) is 0 Å². The van der Waals surface area contributed by atoms with E-state index in [-0.39, 0.29) is 12.3 Å². The number of alkyl halides is 1. The van der Waals surface area contributed by atoms with Gasteiger partial charge in [-0.1, -0.05) is 12.1 Å². The van der Waals surface area contributed by atoms with E-state index in [0.29, 0.717) is 5.56 Å². The third-order valence-electron chi connectivity index (χ3n) is 1.48. The van der Waals surface area contributed by atoms with Gasteiger partial charge in [-0.15, -0.1) is 0 Å². The molecule has 3 heteroatoms. The summed E-state index contributed by atoms with van der Waals surface area (Å²) < 4.78 is 13.0. The van der Waals surface area contributed by atoms with Gasteiger partial charge in [0.2, 0.25) is 6.54 Å². The first-order valence-electron chi connectivity index (χ1n) is 3.50. The van der Waals surface area contributed by atoms with Crippen molar-refractivity contribution in [2.45, 2.75) is 6.17 Å². The second-order valence-electron chi connectivity index (χ2n) is 2.40. The lowest BCUT2D eigenvalue weighted by molar-refractivity contribution is 0.365. The molecule has 0 aromatic heterocycles. The smallest absolute Gasteiger partial charge is 0.249 e. The summed E-state index contributed by atoms with van der Waals surface area (Å²) in [5.41, 5.74) is 0.353. The summed E-state index contributed by atoms with van der Waals surface area (Å²) >= 11 is 0. The van der Waals surface area contributed by atoms with E-state index in [9.17, 15) is 4.39 Å². The maximum Gasteiger partial charge on any atom is 0.249 e. The summed E-state index contributed by atoms with van der Waals surface area (Å²) in [5, 5.41) is 8.99. The van der Waals surface area contributed by atoms with Crippen molar-refractivity contribution in [1.29, 1.82) is 0 Å². The predicted molar refractivity (Wildman–Crippen MR) is 43.4 cm³/mol. The second-order valence-corrected chi connectivity index (χ2v) is 2.40. The molecule has 0 aliphatic rings. The van der Waals surface area contributed by atoms with Gasteiger partial charge in [-0.05, 0) is 17.7 Å². The van der Waals surface area contributed by atoms with Gasteiger partial charge in [0.25, 0.3) is 0 Å². The van der Waals surface area contributed by atoms with Crippen LogP contribution in [0.5, 0.6) is 5.75 Å². The molecule has 0 spiro atoms. The Morgan fingerprint density at radius 3 is 2.92 bits per heavy atom. The molecule has 0 amide bonds. The molecule has 0 radical (unpaired) electrons. The van der Waals surface area contributed by atoms with Gasteiger partial charge < -0.3 is 9.95 Å². The Hall–Kier alpha value is -1.56. The van der Waals surface area contributed by atoms with Crippen LogP contribution in [0.2, 0.25) is 0 Å². The Kier molecular flexibility index (Phi) is 2.65. The SMILES string of the molecule is [C-]#[N+]CC(F)c1cccc(O)c1. The van der Waals surface area contributed by atoms with E-state index >= 15 is 0 Å². The van der Waals surface area contributed by atoms with Crippen LogP contribution in [0.15, 0.2) is 24.3 Å². The molecule has 1 aromatic rings. The molecule has 12 heavy (non-hydrogen) atoms. The predicted octanol–water partition coefficient (Wildman–Crippen LogP) is 2.32. The molecule has 0 aliphatic carbocycles. The van der Waals surface area contributed by atoms with Crippen molar-refractivity contribution in [3.05, 3.63) is 41.2 Å². The number of hydrogen-bond donors (Lipinski definition) is 1. The number of phenols is 1. The van der Waals surface area contributed by atoms with E-state index in [1.165, 1.54) is 12.1 Å². The number of halogens is 1. The molecule has 0 saturated heterocycles. The van der Waals surface area contributed by atoms with Gasteiger partial charge in [0.15, 0.2) is 6.17 Å². The Balaban J connectivity index is 2.82.